The summed E-state index contributed by atoms with van der Waals surface area (Å²) in [5.74, 6) is 1.32. The Morgan fingerprint density at radius 2 is 1.71 bits per heavy atom. The number of aldehydes is 1. The predicted octanol–water partition coefficient (Wildman–Crippen LogP) is 2.13. The molecule has 0 aliphatic rings. The molecule has 0 fully saturated rings. The first kappa shape index (κ1) is 10.6. The molecule has 1 aromatic carbocycles. The van der Waals surface area contributed by atoms with Crippen LogP contribution in [0, 0.1) is 13.8 Å². The zero-order valence-electron chi connectivity index (χ0n) is 8.88. The van der Waals surface area contributed by atoms with E-state index in [1.807, 2.05) is 13.8 Å². The van der Waals surface area contributed by atoms with Gasteiger partial charge in [-0.3, -0.25) is 4.79 Å². The third kappa shape index (κ3) is 1.58. The van der Waals surface area contributed by atoms with E-state index in [1.54, 1.807) is 20.3 Å². The van der Waals surface area contributed by atoms with Crippen molar-refractivity contribution in [3.05, 3.63) is 22.8 Å². The minimum Gasteiger partial charge on any atom is -0.493 e. The predicted molar refractivity (Wildman–Crippen MR) is 54.4 cm³/mol. The van der Waals surface area contributed by atoms with Gasteiger partial charge in [0.2, 0.25) is 0 Å². The molecule has 0 unspecified atom stereocenters. The zero-order valence-corrected chi connectivity index (χ0v) is 8.88. The van der Waals surface area contributed by atoms with Crippen LogP contribution in [0.4, 0.5) is 0 Å². The second kappa shape index (κ2) is 4.13. The largest absolute Gasteiger partial charge is 0.493 e. The third-order valence-electron chi connectivity index (χ3n) is 2.25. The molecule has 3 heteroatoms. The highest BCUT2D eigenvalue weighted by Crippen LogP contribution is 2.35. The fourth-order valence-corrected chi connectivity index (χ4v) is 1.51. The van der Waals surface area contributed by atoms with Crippen LogP contribution in [0.25, 0.3) is 0 Å². The Bertz CT molecular complexity index is 356. The van der Waals surface area contributed by atoms with Crippen LogP contribution >= 0.6 is 0 Å². The topological polar surface area (TPSA) is 35.5 Å². The first-order chi connectivity index (χ1) is 6.65. The van der Waals surface area contributed by atoms with Crippen molar-refractivity contribution in [1.82, 2.24) is 0 Å². The van der Waals surface area contributed by atoms with Gasteiger partial charge in [-0.15, -0.1) is 0 Å². The number of hydrogen-bond acceptors (Lipinski definition) is 3. The molecule has 0 atom stereocenters. The van der Waals surface area contributed by atoms with Gasteiger partial charge in [0.25, 0.3) is 0 Å². The van der Waals surface area contributed by atoms with Crippen LogP contribution in [0.5, 0.6) is 11.5 Å². The van der Waals surface area contributed by atoms with Gasteiger partial charge in [-0.2, -0.15) is 0 Å². The monoisotopic (exact) mass is 194 g/mol. The van der Waals surface area contributed by atoms with Crippen molar-refractivity contribution >= 4 is 6.29 Å². The van der Waals surface area contributed by atoms with E-state index in [0.29, 0.717) is 17.1 Å². The molecule has 0 aliphatic heterocycles. The van der Waals surface area contributed by atoms with E-state index >= 15 is 0 Å². The number of aryl methyl sites for hydroxylation is 1. The van der Waals surface area contributed by atoms with Crippen molar-refractivity contribution in [2.24, 2.45) is 0 Å². The highest BCUT2D eigenvalue weighted by molar-refractivity contribution is 5.80. The molecule has 0 saturated carbocycles. The molecule has 0 saturated heterocycles. The maximum absolute atomic E-state index is 10.8. The van der Waals surface area contributed by atoms with E-state index in [-0.39, 0.29) is 0 Å². The maximum Gasteiger partial charge on any atom is 0.164 e. The van der Waals surface area contributed by atoms with Gasteiger partial charge < -0.3 is 9.47 Å². The lowest BCUT2D eigenvalue weighted by Gasteiger charge is -2.14. The van der Waals surface area contributed by atoms with E-state index in [2.05, 4.69) is 0 Å². The first-order valence-electron chi connectivity index (χ1n) is 4.33. The molecule has 76 valence electrons. The molecule has 1 aromatic rings. The second-order valence-electron chi connectivity index (χ2n) is 3.09. The van der Waals surface area contributed by atoms with Gasteiger partial charge in [-0.1, -0.05) is 0 Å². The average molecular weight is 194 g/mol. The summed E-state index contributed by atoms with van der Waals surface area (Å²) >= 11 is 0. The lowest BCUT2D eigenvalue weighted by Crippen LogP contribution is -1.99. The zero-order chi connectivity index (χ0) is 10.7. The van der Waals surface area contributed by atoms with E-state index in [0.717, 1.165) is 17.4 Å². The van der Waals surface area contributed by atoms with Gasteiger partial charge >= 0.3 is 0 Å². The molecule has 0 bridgehead atoms. The molecular formula is C11H14O3. The van der Waals surface area contributed by atoms with Gasteiger partial charge in [0.05, 0.1) is 14.2 Å². The highest BCUT2D eigenvalue weighted by atomic mass is 16.5. The molecule has 0 radical (unpaired) electrons. The first-order valence-corrected chi connectivity index (χ1v) is 4.33. The van der Waals surface area contributed by atoms with Gasteiger partial charge in [0.1, 0.15) is 6.29 Å². The Morgan fingerprint density at radius 1 is 1.14 bits per heavy atom. The fraction of sp³-hybridized carbons (Fsp3) is 0.364. The summed E-state index contributed by atoms with van der Waals surface area (Å²) in [5.41, 5.74) is 2.35. The molecule has 0 heterocycles. The summed E-state index contributed by atoms with van der Waals surface area (Å²) in [4.78, 5) is 10.8. The minimum atomic E-state index is 0.634. The fourth-order valence-electron chi connectivity index (χ4n) is 1.51. The number of hydrogen-bond donors (Lipinski definition) is 0. The molecule has 0 spiro atoms. The van der Waals surface area contributed by atoms with Crippen LogP contribution in [-0.4, -0.2) is 20.5 Å². The Kier molecular flexibility index (Phi) is 3.12. The van der Waals surface area contributed by atoms with Crippen molar-refractivity contribution in [1.29, 1.82) is 0 Å². The summed E-state index contributed by atoms with van der Waals surface area (Å²) in [6.07, 6.45) is 0.824. The maximum atomic E-state index is 10.8. The molecule has 0 aliphatic carbocycles. The molecule has 0 N–H and O–H groups in total. The summed E-state index contributed by atoms with van der Waals surface area (Å²) < 4.78 is 10.4. The molecule has 0 aromatic heterocycles. The van der Waals surface area contributed by atoms with Crippen LogP contribution in [0.3, 0.4) is 0 Å². The third-order valence-corrected chi connectivity index (χ3v) is 2.25. The van der Waals surface area contributed by atoms with Crippen LogP contribution in [0.1, 0.15) is 21.5 Å². The standard InChI is InChI=1S/C11H14O3/c1-7-5-9(6-12)8(2)11(14-4)10(7)13-3/h5-6H,1-4H3. The Labute approximate surface area is 83.6 Å². The van der Waals surface area contributed by atoms with Crippen LogP contribution < -0.4 is 9.47 Å². The smallest absolute Gasteiger partial charge is 0.164 e. The molecule has 14 heavy (non-hydrogen) atoms. The lowest BCUT2D eigenvalue weighted by molar-refractivity contribution is 0.112. The second-order valence-corrected chi connectivity index (χ2v) is 3.09. The summed E-state index contributed by atoms with van der Waals surface area (Å²) in [6, 6.07) is 1.80. The minimum absolute atomic E-state index is 0.634. The van der Waals surface area contributed by atoms with Gasteiger partial charge in [-0.25, -0.2) is 0 Å². The number of carbonyl (C=O) groups is 1. The van der Waals surface area contributed by atoms with Gasteiger partial charge in [0.15, 0.2) is 11.5 Å². The number of rotatable bonds is 3. The van der Waals surface area contributed by atoms with E-state index in [4.69, 9.17) is 9.47 Å². The van der Waals surface area contributed by atoms with Gasteiger partial charge in [0, 0.05) is 11.1 Å². The average Bonchev–Trinajstić information content (AvgIpc) is 2.20. The Balaban J connectivity index is 3.47. The SMILES string of the molecule is COc1c(C)cc(C=O)c(C)c1OC. The van der Waals surface area contributed by atoms with Crippen molar-refractivity contribution in [2.75, 3.05) is 14.2 Å². The number of ether oxygens (including phenoxy) is 2. The van der Waals surface area contributed by atoms with Crippen molar-refractivity contribution in [3.63, 3.8) is 0 Å². The van der Waals surface area contributed by atoms with Crippen LogP contribution in [0.15, 0.2) is 6.07 Å². The Hall–Kier alpha value is -1.51. The van der Waals surface area contributed by atoms with E-state index < -0.39 is 0 Å². The van der Waals surface area contributed by atoms with Crippen molar-refractivity contribution in [3.8, 4) is 11.5 Å². The van der Waals surface area contributed by atoms with Crippen molar-refractivity contribution in [2.45, 2.75) is 13.8 Å². The summed E-state index contributed by atoms with van der Waals surface area (Å²) in [7, 11) is 3.16. The molecule has 0 amide bonds. The summed E-state index contributed by atoms with van der Waals surface area (Å²) in [6.45, 7) is 3.72. The number of benzene rings is 1. The van der Waals surface area contributed by atoms with E-state index in [1.165, 1.54) is 0 Å². The van der Waals surface area contributed by atoms with Crippen LogP contribution in [0.2, 0.25) is 0 Å². The quantitative estimate of drug-likeness (QED) is 0.691. The molecule has 1 rings (SSSR count). The normalized spacial score (nSPS) is 9.71. The van der Waals surface area contributed by atoms with Gasteiger partial charge in [-0.05, 0) is 25.5 Å². The van der Waals surface area contributed by atoms with Crippen LogP contribution in [-0.2, 0) is 0 Å². The highest BCUT2D eigenvalue weighted by Gasteiger charge is 2.13. The molecule has 3 nitrogen and oxygen atoms in total. The lowest BCUT2D eigenvalue weighted by atomic mass is 10.0. The Morgan fingerprint density at radius 3 is 2.14 bits per heavy atom. The van der Waals surface area contributed by atoms with E-state index in [9.17, 15) is 4.79 Å². The summed E-state index contributed by atoms with van der Waals surface area (Å²) in [5, 5.41) is 0. The molecular weight excluding hydrogens is 180 g/mol. The number of methoxy groups -OCH3 is 2. The van der Waals surface area contributed by atoms with Crippen molar-refractivity contribution < 1.29 is 14.3 Å². The number of carbonyl (C=O) groups excluding carboxylic acids is 1.